The van der Waals surface area contributed by atoms with Crippen LogP contribution < -0.4 is 10.1 Å². The molecule has 0 fully saturated rings. The summed E-state index contributed by atoms with van der Waals surface area (Å²) in [6.45, 7) is 1.94. The number of nitrogens with one attached hydrogen (secondary N) is 1. The molecule has 20 heavy (non-hydrogen) atoms. The fourth-order valence-corrected chi connectivity index (χ4v) is 2.45. The van der Waals surface area contributed by atoms with Crippen LogP contribution in [0.4, 0.5) is 5.69 Å². The van der Waals surface area contributed by atoms with Gasteiger partial charge in [0.1, 0.15) is 0 Å². The lowest BCUT2D eigenvalue weighted by molar-refractivity contribution is 0.102. The van der Waals surface area contributed by atoms with Gasteiger partial charge in [-0.05, 0) is 48.9 Å². The average molecular weight is 336 g/mol. The number of ether oxygens (including phenoxy) is 1. The maximum atomic E-state index is 12.1. The van der Waals surface area contributed by atoms with Gasteiger partial charge in [0.25, 0.3) is 5.91 Å². The molecule has 0 aliphatic heterocycles. The Morgan fingerprint density at radius 3 is 2.60 bits per heavy atom. The Kier molecular flexibility index (Phi) is 4.29. The molecule has 5 heteroatoms. The van der Waals surface area contributed by atoms with Crippen molar-refractivity contribution in [2.24, 2.45) is 0 Å². The summed E-state index contributed by atoms with van der Waals surface area (Å²) < 4.78 is 5.84. The van der Waals surface area contributed by atoms with E-state index in [9.17, 15) is 9.90 Å². The van der Waals surface area contributed by atoms with Gasteiger partial charge in [-0.15, -0.1) is 0 Å². The fraction of sp³-hybridized carbons (Fsp3) is 0.133. The summed E-state index contributed by atoms with van der Waals surface area (Å²) in [6.07, 6.45) is 0. The van der Waals surface area contributed by atoms with E-state index >= 15 is 0 Å². The predicted octanol–water partition coefficient (Wildman–Crippen LogP) is 3.72. The minimum Gasteiger partial charge on any atom is -0.504 e. The molecule has 4 nitrogen and oxygen atoms in total. The Balaban J connectivity index is 2.21. The Bertz CT molecular complexity index is 635. The first-order valence-electron chi connectivity index (χ1n) is 5.95. The van der Waals surface area contributed by atoms with E-state index in [0.29, 0.717) is 17.0 Å². The molecule has 0 spiro atoms. The maximum Gasteiger partial charge on any atom is 0.255 e. The molecule has 1 amide bonds. The van der Waals surface area contributed by atoms with Gasteiger partial charge in [-0.2, -0.15) is 0 Å². The number of aromatic hydroxyl groups is 1. The number of rotatable bonds is 3. The molecule has 0 heterocycles. The van der Waals surface area contributed by atoms with Crippen LogP contribution in [0, 0.1) is 6.92 Å². The molecule has 104 valence electrons. The summed E-state index contributed by atoms with van der Waals surface area (Å²) in [7, 11) is 1.46. The van der Waals surface area contributed by atoms with E-state index in [4.69, 9.17) is 4.74 Å². The third-order valence-electron chi connectivity index (χ3n) is 2.74. The molecular formula is C15H14BrNO3. The van der Waals surface area contributed by atoms with Crippen molar-refractivity contribution in [3.8, 4) is 11.5 Å². The molecule has 2 aromatic carbocycles. The van der Waals surface area contributed by atoms with Crippen molar-refractivity contribution in [3.63, 3.8) is 0 Å². The molecular weight excluding hydrogens is 322 g/mol. The van der Waals surface area contributed by atoms with Crippen LogP contribution >= 0.6 is 15.9 Å². The minimum atomic E-state index is -0.291. The highest BCUT2D eigenvalue weighted by atomic mass is 79.9. The molecule has 2 aromatic rings. The number of carbonyl (C=O) groups is 1. The normalized spacial score (nSPS) is 10.2. The van der Waals surface area contributed by atoms with Gasteiger partial charge in [0, 0.05) is 15.7 Å². The molecule has 0 aromatic heterocycles. The fourth-order valence-electron chi connectivity index (χ4n) is 1.84. The number of carbonyl (C=O) groups excluding carboxylic acids is 1. The van der Waals surface area contributed by atoms with Gasteiger partial charge in [-0.25, -0.2) is 0 Å². The number of phenols is 1. The van der Waals surface area contributed by atoms with Crippen LogP contribution in [-0.4, -0.2) is 18.1 Å². The van der Waals surface area contributed by atoms with E-state index in [1.807, 2.05) is 25.1 Å². The topological polar surface area (TPSA) is 58.6 Å². The molecule has 0 unspecified atom stereocenters. The zero-order valence-corrected chi connectivity index (χ0v) is 12.7. The number of aryl methyl sites for hydroxylation is 1. The minimum absolute atomic E-state index is 0.0643. The summed E-state index contributed by atoms with van der Waals surface area (Å²) in [5.41, 5.74) is 2.09. The summed E-state index contributed by atoms with van der Waals surface area (Å²) in [6, 6.07) is 10.2. The first-order valence-corrected chi connectivity index (χ1v) is 6.74. The van der Waals surface area contributed by atoms with Crippen LogP contribution in [0.15, 0.2) is 40.9 Å². The van der Waals surface area contributed by atoms with Crippen molar-refractivity contribution < 1.29 is 14.6 Å². The van der Waals surface area contributed by atoms with Crippen molar-refractivity contribution in [2.45, 2.75) is 6.92 Å². The van der Waals surface area contributed by atoms with Gasteiger partial charge in [0.05, 0.1) is 7.11 Å². The third kappa shape index (κ3) is 3.30. The van der Waals surface area contributed by atoms with Crippen LogP contribution in [0.1, 0.15) is 15.9 Å². The first-order chi connectivity index (χ1) is 9.49. The Morgan fingerprint density at radius 2 is 2.00 bits per heavy atom. The number of hydrogen-bond acceptors (Lipinski definition) is 3. The van der Waals surface area contributed by atoms with Gasteiger partial charge < -0.3 is 15.2 Å². The lowest BCUT2D eigenvalue weighted by Gasteiger charge is -2.09. The SMILES string of the molecule is COc1ccc(C(=O)Nc2cc(C)cc(Br)c2)cc1O. The molecule has 0 aliphatic rings. The lowest BCUT2D eigenvalue weighted by atomic mass is 10.1. The first kappa shape index (κ1) is 14.4. The Morgan fingerprint density at radius 1 is 1.25 bits per heavy atom. The molecule has 0 radical (unpaired) electrons. The maximum absolute atomic E-state index is 12.1. The number of anilines is 1. The van der Waals surface area contributed by atoms with E-state index < -0.39 is 0 Å². The van der Waals surface area contributed by atoms with E-state index in [-0.39, 0.29) is 11.7 Å². The van der Waals surface area contributed by atoms with Crippen LogP contribution in [0.2, 0.25) is 0 Å². The molecule has 0 atom stereocenters. The second-order valence-electron chi connectivity index (χ2n) is 4.36. The largest absolute Gasteiger partial charge is 0.504 e. The van der Waals surface area contributed by atoms with Crippen molar-refractivity contribution in [3.05, 3.63) is 52.0 Å². The molecule has 0 bridgehead atoms. The van der Waals surface area contributed by atoms with Crippen molar-refractivity contribution in [1.82, 2.24) is 0 Å². The molecule has 2 N–H and O–H groups in total. The lowest BCUT2D eigenvalue weighted by Crippen LogP contribution is -2.11. The van der Waals surface area contributed by atoms with Gasteiger partial charge in [0.2, 0.25) is 0 Å². The second kappa shape index (κ2) is 5.96. The molecule has 0 saturated carbocycles. The standard InChI is InChI=1S/C15H14BrNO3/c1-9-5-11(16)8-12(6-9)17-15(19)10-3-4-14(20-2)13(18)7-10/h3-8,18H,1-2H3,(H,17,19). The highest BCUT2D eigenvalue weighted by Gasteiger charge is 2.10. The Labute approximate surface area is 125 Å². The van der Waals surface area contributed by atoms with E-state index in [2.05, 4.69) is 21.2 Å². The van der Waals surface area contributed by atoms with Crippen LogP contribution in [0.3, 0.4) is 0 Å². The highest BCUT2D eigenvalue weighted by Crippen LogP contribution is 2.27. The average Bonchev–Trinajstić information content (AvgIpc) is 2.37. The van der Waals surface area contributed by atoms with E-state index in [1.165, 1.54) is 13.2 Å². The van der Waals surface area contributed by atoms with Crippen LogP contribution in [0.5, 0.6) is 11.5 Å². The summed E-state index contributed by atoms with van der Waals surface area (Å²) >= 11 is 3.38. The van der Waals surface area contributed by atoms with Gasteiger partial charge in [-0.3, -0.25) is 4.79 Å². The number of amides is 1. The quantitative estimate of drug-likeness (QED) is 0.898. The van der Waals surface area contributed by atoms with Gasteiger partial charge in [0.15, 0.2) is 11.5 Å². The van der Waals surface area contributed by atoms with E-state index in [0.717, 1.165) is 10.0 Å². The number of methoxy groups -OCH3 is 1. The van der Waals surface area contributed by atoms with Gasteiger partial charge >= 0.3 is 0 Å². The van der Waals surface area contributed by atoms with Gasteiger partial charge in [-0.1, -0.05) is 15.9 Å². The summed E-state index contributed by atoms with van der Waals surface area (Å²) in [5.74, 6) is -0.0223. The smallest absolute Gasteiger partial charge is 0.255 e. The number of halogens is 1. The number of benzene rings is 2. The molecule has 0 aliphatic carbocycles. The monoisotopic (exact) mass is 335 g/mol. The van der Waals surface area contributed by atoms with Crippen molar-refractivity contribution in [2.75, 3.05) is 12.4 Å². The van der Waals surface area contributed by atoms with Crippen LogP contribution in [-0.2, 0) is 0 Å². The van der Waals surface area contributed by atoms with Crippen molar-refractivity contribution in [1.29, 1.82) is 0 Å². The van der Waals surface area contributed by atoms with Crippen LogP contribution in [0.25, 0.3) is 0 Å². The highest BCUT2D eigenvalue weighted by molar-refractivity contribution is 9.10. The van der Waals surface area contributed by atoms with Crippen molar-refractivity contribution >= 4 is 27.5 Å². The predicted molar refractivity (Wildman–Crippen MR) is 81.5 cm³/mol. The number of hydrogen-bond donors (Lipinski definition) is 2. The zero-order chi connectivity index (χ0) is 14.7. The third-order valence-corrected chi connectivity index (χ3v) is 3.20. The Hall–Kier alpha value is -2.01. The molecule has 2 rings (SSSR count). The zero-order valence-electron chi connectivity index (χ0n) is 11.1. The van der Waals surface area contributed by atoms with E-state index in [1.54, 1.807) is 12.1 Å². The summed E-state index contributed by atoms with van der Waals surface area (Å²) in [4.78, 5) is 12.1. The number of phenolic OH excluding ortho intramolecular Hbond substituents is 1. The summed E-state index contributed by atoms with van der Waals surface area (Å²) in [5, 5.41) is 12.5. The molecule has 0 saturated heterocycles. The second-order valence-corrected chi connectivity index (χ2v) is 5.27.